The molecule has 2 heterocycles. The van der Waals surface area contributed by atoms with Gasteiger partial charge in [-0.1, -0.05) is 54.4 Å². The van der Waals surface area contributed by atoms with Crippen molar-refractivity contribution in [2.75, 3.05) is 13.1 Å². The van der Waals surface area contributed by atoms with Crippen molar-refractivity contribution in [1.82, 2.24) is 14.7 Å². The largest absolute Gasteiger partial charge is 0.420 e. The smallest absolute Gasteiger partial charge is 0.308 e. The van der Waals surface area contributed by atoms with E-state index in [9.17, 15) is 14.4 Å². The van der Waals surface area contributed by atoms with Crippen LogP contribution in [0, 0.1) is 0 Å². The molecule has 0 saturated heterocycles. The molecule has 0 spiro atoms. The van der Waals surface area contributed by atoms with Gasteiger partial charge >= 0.3 is 5.97 Å². The highest BCUT2D eigenvalue weighted by molar-refractivity contribution is 6.31. The Balaban J connectivity index is 1.98. The molecule has 1 amide bonds. The number of hydrogen-bond acceptors (Lipinski definition) is 5. The molecule has 0 bridgehead atoms. The average Bonchev–Trinajstić information content (AvgIpc) is 2.78. The highest BCUT2D eigenvalue weighted by Gasteiger charge is 2.40. The first-order valence-corrected chi connectivity index (χ1v) is 11.7. The molecule has 7 nitrogen and oxygen atoms in total. The van der Waals surface area contributed by atoms with Crippen molar-refractivity contribution in [1.29, 1.82) is 0 Å². The molecule has 0 radical (unpaired) electrons. The van der Waals surface area contributed by atoms with Crippen LogP contribution in [0.25, 0.3) is 0 Å². The Labute approximate surface area is 206 Å². The maximum Gasteiger partial charge on any atom is 0.308 e. The van der Waals surface area contributed by atoms with Crippen LogP contribution < -0.4 is 10.2 Å². The summed E-state index contributed by atoms with van der Waals surface area (Å²) < 4.78 is 6.72. The van der Waals surface area contributed by atoms with E-state index in [2.05, 4.69) is 5.10 Å². The molecular formula is C25H23Cl2N3O4. The summed E-state index contributed by atoms with van der Waals surface area (Å²) in [7, 11) is 0. The zero-order chi connectivity index (χ0) is 24.4. The molecule has 0 N–H and O–H groups in total. The lowest BCUT2D eigenvalue weighted by Crippen LogP contribution is -2.47. The number of hydrogen-bond donors (Lipinski definition) is 0. The topological polar surface area (TPSA) is 81.5 Å². The molecule has 3 aromatic rings. The molecular weight excluding hydrogens is 477 g/mol. The van der Waals surface area contributed by atoms with E-state index < -0.39 is 23.3 Å². The van der Waals surface area contributed by atoms with Gasteiger partial charge in [0.2, 0.25) is 11.2 Å². The first-order valence-electron chi connectivity index (χ1n) is 10.9. The maximum atomic E-state index is 13.4. The molecule has 1 aromatic heterocycles. The van der Waals surface area contributed by atoms with E-state index >= 15 is 0 Å². The minimum absolute atomic E-state index is 0.0403. The Morgan fingerprint density at radius 2 is 1.74 bits per heavy atom. The van der Waals surface area contributed by atoms with Crippen molar-refractivity contribution in [3.63, 3.8) is 0 Å². The SMILES string of the molecule is CCCN1C[C@H](C(c2cccc(Cl)c2)c2cccc(Cl)c2)n2ncc(=O)c(OC(C)=O)c2C1=O. The molecule has 1 atom stereocenters. The fourth-order valence-corrected chi connectivity index (χ4v) is 4.82. The monoisotopic (exact) mass is 499 g/mol. The summed E-state index contributed by atoms with van der Waals surface area (Å²) in [6, 6.07) is 14.5. The third kappa shape index (κ3) is 4.72. The third-order valence-electron chi connectivity index (χ3n) is 5.72. The summed E-state index contributed by atoms with van der Waals surface area (Å²) in [6.07, 6.45) is 1.79. The van der Waals surface area contributed by atoms with E-state index in [0.29, 0.717) is 29.6 Å². The average molecular weight is 500 g/mol. The highest BCUT2D eigenvalue weighted by Crippen LogP contribution is 2.40. The number of benzene rings is 2. The number of halogens is 2. The molecule has 34 heavy (non-hydrogen) atoms. The van der Waals surface area contributed by atoms with Crippen LogP contribution in [0.3, 0.4) is 0 Å². The van der Waals surface area contributed by atoms with Gasteiger partial charge in [-0.3, -0.25) is 19.1 Å². The van der Waals surface area contributed by atoms with Gasteiger partial charge in [0.1, 0.15) is 0 Å². The first kappa shape index (κ1) is 24.0. The van der Waals surface area contributed by atoms with E-state index in [1.807, 2.05) is 43.3 Å². The Morgan fingerprint density at radius 1 is 1.12 bits per heavy atom. The zero-order valence-electron chi connectivity index (χ0n) is 18.7. The number of fused-ring (bicyclic) bond motifs is 1. The van der Waals surface area contributed by atoms with E-state index in [0.717, 1.165) is 17.3 Å². The number of esters is 1. The number of rotatable bonds is 6. The van der Waals surface area contributed by atoms with E-state index in [1.54, 1.807) is 17.0 Å². The minimum atomic E-state index is -0.690. The normalized spacial score (nSPS) is 15.4. The van der Waals surface area contributed by atoms with Gasteiger partial charge < -0.3 is 9.64 Å². The number of amides is 1. The summed E-state index contributed by atoms with van der Waals surface area (Å²) in [4.78, 5) is 39.4. The molecule has 176 valence electrons. The molecule has 9 heteroatoms. The standard InChI is InChI=1S/C25H23Cl2N3O4/c1-3-10-29-14-20(30-23(25(29)33)24(34-15(2)31)21(32)13-28-30)22(16-6-4-8-18(26)11-16)17-7-5-9-19(27)12-17/h4-9,11-13,20,22H,3,10,14H2,1-2H3/t20-/m1/s1. The number of nitrogens with zero attached hydrogens (tertiary/aromatic N) is 3. The highest BCUT2D eigenvalue weighted by atomic mass is 35.5. The number of carbonyl (C=O) groups excluding carboxylic acids is 2. The second-order valence-corrected chi connectivity index (χ2v) is 9.00. The second-order valence-electron chi connectivity index (χ2n) is 8.13. The van der Waals surface area contributed by atoms with Crippen molar-refractivity contribution in [2.24, 2.45) is 0 Å². The molecule has 4 rings (SSSR count). The Morgan fingerprint density at radius 3 is 2.26 bits per heavy atom. The van der Waals surface area contributed by atoms with Gasteiger partial charge in [-0.15, -0.1) is 0 Å². The Hall–Kier alpha value is -3.16. The molecule has 2 aromatic carbocycles. The van der Waals surface area contributed by atoms with Crippen molar-refractivity contribution < 1.29 is 14.3 Å². The lowest BCUT2D eigenvalue weighted by molar-refractivity contribution is -0.132. The van der Waals surface area contributed by atoms with E-state index in [1.165, 1.54) is 11.6 Å². The lowest BCUT2D eigenvalue weighted by atomic mass is 9.83. The second kappa shape index (κ2) is 9.99. The van der Waals surface area contributed by atoms with Crippen LogP contribution in [0.4, 0.5) is 0 Å². The summed E-state index contributed by atoms with van der Waals surface area (Å²) in [6.45, 7) is 3.95. The fourth-order valence-electron chi connectivity index (χ4n) is 4.42. The van der Waals surface area contributed by atoms with Gasteiger partial charge in [0.05, 0.1) is 12.2 Å². The molecule has 1 aliphatic rings. The lowest BCUT2D eigenvalue weighted by Gasteiger charge is -2.39. The van der Waals surface area contributed by atoms with E-state index in [4.69, 9.17) is 27.9 Å². The fraction of sp³-hybridized carbons (Fsp3) is 0.280. The number of ether oxygens (including phenoxy) is 1. The van der Waals surface area contributed by atoms with E-state index in [-0.39, 0.29) is 17.4 Å². The maximum absolute atomic E-state index is 13.4. The minimum Gasteiger partial charge on any atom is -0.420 e. The van der Waals surface area contributed by atoms with Crippen molar-refractivity contribution >= 4 is 35.1 Å². The van der Waals surface area contributed by atoms with Crippen LogP contribution in [0.15, 0.2) is 59.5 Å². The van der Waals surface area contributed by atoms with Crippen molar-refractivity contribution in [3.8, 4) is 5.75 Å². The Kier molecular flexibility index (Phi) is 7.05. The zero-order valence-corrected chi connectivity index (χ0v) is 20.2. The summed E-state index contributed by atoms with van der Waals surface area (Å²) in [5.41, 5.74) is 1.12. The quantitative estimate of drug-likeness (QED) is 0.458. The van der Waals surface area contributed by atoms with Gasteiger partial charge in [-0.25, -0.2) is 0 Å². The summed E-state index contributed by atoms with van der Waals surface area (Å²) in [5.74, 6) is -1.72. The predicted molar refractivity (Wildman–Crippen MR) is 130 cm³/mol. The predicted octanol–water partition coefficient (Wildman–Crippen LogP) is 4.71. The van der Waals surface area contributed by atoms with Gasteiger partial charge in [0.15, 0.2) is 5.69 Å². The van der Waals surface area contributed by atoms with Crippen LogP contribution in [-0.2, 0) is 4.79 Å². The summed E-state index contributed by atoms with van der Waals surface area (Å²) in [5, 5.41) is 5.46. The Bertz CT molecular complexity index is 1260. The van der Waals surface area contributed by atoms with Gasteiger partial charge in [0.25, 0.3) is 5.91 Å². The van der Waals surface area contributed by atoms with Crippen LogP contribution in [0.1, 0.15) is 53.8 Å². The molecule has 1 aliphatic heterocycles. The first-order chi connectivity index (χ1) is 16.3. The van der Waals surface area contributed by atoms with Gasteiger partial charge in [0, 0.05) is 36.0 Å². The van der Waals surface area contributed by atoms with Gasteiger partial charge in [-0.2, -0.15) is 5.10 Å². The molecule has 0 aliphatic carbocycles. The van der Waals surface area contributed by atoms with Crippen LogP contribution in [0.2, 0.25) is 10.0 Å². The summed E-state index contributed by atoms with van der Waals surface area (Å²) >= 11 is 12.7. The van der Waals surface area contributed by atoms with Crippen molar-refractivity contribution in [2.45, 2.75) is 32.2 Å². The number of aromatic nitrogens is 2. The molecule has 0 unspecified atom stereocenters. The van der Waals surface area contributed by atoms with Crippen LogP contribution >= 0.6 is 23.2 Å². The molecule has 0 saturated carbocycles. The number of carbonyl (C=O) groups is 2. The van der Waals surface area contributed by atoms with Crippen LogP contribution in [0.5, 0.6) is 5.75 Å². The van der Waals surface area contributed by atoms with Gasteiger partial charge in [-0.05, 0) is 41.8 Å². The van der Waals surface area contributed by atoms with Crippen LogP contribution in [-0.4, -0.2) is 39.6 Å². The molecule has 0 fully saturated rings. The third-order valence-corrected chi connectivity index (χ3v) is 6.19. The van der Waals surface area contributed by atoms with Crippen molar-refractivity contribution in [3.05, 3.63) is 91.8 Å².